The summed E-state index contributed by atoms with van der Waals surface area (Å²) in [5.41, 5.74) is 1.59. The Labute approximate surface area is 89.5 Å². The fraction of sp³-hybridized carbons (Fsp3) is 0.100. The predicted molar refractivity (Wildman–Crippen MR) is 55.6 cm³/mol. The molecule has 0 aliphatic heterocycles. The molecule has 0 aliphatic rings. The second-order valence-electron chi connectivity index (χ2n) is 2.81. The summed E-state index contributed by atoms with van der Waals surface area (Å²) in [7, 11) is 0. The molecule has 1 aromatic carbocycles. The van der Waals surface area contributed by atoms with E-state index in [4.69, 9.17) is 9.63 Å². The van der Waals surface area contributed by atoms with Gasteiger partial charge in [-0.25, -0.2) is 0 Å². The fourth-order valence-electron chi connectivity index (χ4n) is 1.24. The molecule has 0 amide bonds. The van der Waals surface area contributed by atoms with E-state index in [1.807, 2.05) is 30.3 Å². The van der Waals surface area contributed by atoms with Gasteiger partial charge in [-0.2, -0.15) is 0 Å². The lowest BCUT2D eigenvalue weighted by molar-refractivity contribution is 0.281. The second kappa shape index (κ2) is 3.94. The van der Waals surface area contributed by atoms with Gasteiger partial charge in [0.05, 0.1) is 12.2 Å². The van der Waals surface area contributed by atoms with Gasteiger partial charge >= 0.3 is 0 Å². The largest absolute Gasteiger partial charge is 0.391 e. The van der Waals surface area contributed by atoms with Crippen molar-refractivity contribution in [2.45, 2.75) is 6.61 Å². The molecule has 0 unspecified atom stereocenters. The Morgan fingerprint density at radius 1 is 1.29 bits per heavy atom. The first-order chi connectivity index (χ1) is 6.83. The van der Waals surface area contributed by atoms with E-state index in [1.54, 1.807) is 0 Å². The highest BCUT2D eigenvalue weighted by atomic mass is 79.9. The topological polar surface area (TPSA) is 46.3 Å². The number of rotatable bonds is 2. The van der Waals surface area contributed by atoms with E-state index in [9.17, 15) is 0 Å². The highest BCUT2D eigenvalue weighted by Gasteiger charge is 2.14. The summed E-state index contributed by atoms with van der Waals surface area (Å²) in [5.74, 6) is 0.611. The smallest absolute Gasteiger partial charge is 0.173 e. The van der Waals surface area contributed by atoms with Gasteiger partial charge in [0.2, 0.25) is 0 Å². The number of halogens is 1. The maximum atomic E-state index is 9.12. The molecule has 2 rings (SSSR count). The van der Waals surface area contributed by atoms with Crippen LogP contribution in [0.1, 0.15) is 5.56 Å². The SMILES string of the molecule is OCc1c(Br)noc1-c1ccccc1. The molecule has 0 bridgehead atoms. The van der Waals surface area contributed by atoms with Crippen molar-refractivity contribution in [2.75, 3.05) is 0 Å². The van der Waals surface area contributed by atoms with Crippen molar-refractivity contribution in [3.63, 3.8) is 0 Å². The van der Waals surface area contributed by atoms with Crippen LogP contribution in [0, 0.1) is 0 Å². The van der Waals surface area contributed by atoms with E-state index in [2.05, 4.69) is 21.1 Å². The molecule has 0 atom stereocenters. The van der Waals surface area contributed by atoms with Crippen LogP contribution in [0.4, 0.5) is 0 Å². The van der Waals surface area contributed by atoms with Crippen molar-refractivity contribution < 1.29 is 9.63 Å². The van der Waals surface area contributed by atoms with Gasteiger partial charge in [0.1, 0.15) is 0 Å². The van der Waals surface area contributed by atoms with Gasteiger partial charge in [-0.15, -0.1) is 0 Å². The lowest BCUT2D eigenvalue weighted by Crippen LogP contribution is -1.84. The number of aromatic nitrogens is 1. The monoisotopic (exact) mass is 253 g/mol. The van der Waals surface area contributed by atoms with Crippen molar-refractivity contribution >= 4 is 15.9 Å². The van der Waals surface area contributed by atoms with Crippen LogP contribution in [0.3, 0.4) is 0 Å². The molecule has 1 aromatic heterocycles. The van der Waals surface area contributed by atoms with Gasteiger partial charge < -0.3 is 9.63 Å². The molecule has 2 aromatic rings. The zero-order valence-corrected chi connectivity index (χ0v) is 8.86. The number of aliphatic hydroxyl groups is 1. The Bertz CT molecular complexity index is 425. The van der Waals surface area contributed by atoms with Gasteiger partial charge in [-0.05, 0) is 15.9 Å². The normalized spacial score (nSPS) is 10.4. The molecule has 0 radical (unpaired) electrons. The highest BCUT2D eigenvalue weighted by molar-refractivity contribution is 9.10. The van der Waals surface area contributed by atoms with E-state index in [0.717, 1.165) is 5.56 Å². The molecule has 1 heterocycles. The number of benzene rings is 1. The van der Waals surface area contributed by atoms with Crippen LogP contribution in [0.2, 0.25) is 0 Å². The summed E-state index contributed by atoms with van der Waals surface area (Å²) in [6.45, 7) is -0.0890. The lowest BCUT2D eigenvalue weighted by atomic mass is 10.1. The average Bonchev–Trinajstić information content (AvgIpc) is 2.61. The van der Waals surface area contributed by atoms with Crippen molar-refractivity contribution in [1.29, 1.82) is 0 Å². The Balaban J connectivity index is 2.52. The Kier molecular flexibility index (Phi) is 2.65. The number of hydrogen-bond acceptors (Lipinski definition) is 3. The van der Waals surface area contributed by atoms with Gasteiger partial charge in [0, 0.05) is 5.56 Å². The molecule has 0 fully saturated rings. The zero-order chi connectivity index (χ0) is 9.97. The third-order valence-electron chi connectivity index (χ3n) is 1.93. The van der Waals surface area contributed by atoms with Crippen LogP contribution in [0.5, 0.6) is 0 Å². The third-order valence-corrected chi connectivity index (χ3v) is 2.56. The number of aliphatic hydroxyl groups excluding tert-OH is 1. The van der Waals surface area contributed by atoms with Crippen LogP contribution in [-0.4, -0.2) is 10.3 Å². The van der Waals surface area contributed by atoms with Crippen molar-refractivity contribution in [2.24, 2.45) is 0 Å². The minimum atomic E-state index is -0.0890. The first-order valence-corrected chi connectivity index (χ1v) is 4.92. The molecule has 0 aliphatic carbocycles. The molecule has 14 heavy (non-hydrogen) atoms. The molecule has 0 saturated carbocycles. The van der Waals surface area contributed by atoms with Crippen LogP contribution in [0.25, 0.3) is 11.3 Å². The lowest BCUT2D eigenvalue weighted by Gasteiger charge is -1.97. The molecule has 1 N–H and O–H groups in total. The van der Waals surface area contributed by atoms with Crippen molar-refractivity contribution in [3.8, 4) is 11.3 Å². The molecular weight excluding hydrogens is 246 g/mol. The van der Waals surface area contributed by atoms with Gasteiger partial charge in [0.15, 0.2) is 10.4 Å². The molecule has 4 heteroatoms. The van der Waals surface area contributed by atoms with E-state index in [-0.39, 0.29) is 6.61 Å². The summed E-state index contributed by atoms with van der Waals surface area (Å²) in [6, 6.07) is 9.56. The summed E-state index contributed by atoms with van der Waals surface area (Å²) in [5, 5.41) is 12.9. The quantitative estimate of drug-likeness (QED) is 0.895. The van der Waals surface area contributed by atoms with E-state index in [0.29, 0.717) is 15.9 Å². The Morgan fingerprint density at radius 3 is 2.64 bits per heavy atom. The Morgan fingerprint density at radius 2 is 2.00 bits per heavy atom. The van der Waals surface area contributed by atoms with E-state index < -0.39 is 0 Å². The number of hydrogen-bond donors (Lipinski definition) is 1. The van der Waals surface area contributed by atoms with Gasteiger partial charge in [-0.3, -0.25) is 0 Å². The van der Waals surface area contributed by atoms with E-state index >= 15 is 0 Å². The zero-order valence-electron chi connectivity index (χ0n) is 7.27. The summed E-state index contributed by atoms with van der Waals surface area (Å²) >= 11 is 3.21. The average molecular weight is 254 g/mol. The first kappa shape index (κ1) is 9.43. The maximum Gasteiger partial charge on any atom is 0.173 e. The highest BCUT2D eigenvalue weighted by Crippen LogP contribution is 2.28. The molecule has 0 saturated heterocycles. The van der Waals surface area contributed by atoms with Crippen molar-refractivity contribution in [3.05, 3.63) is 40.5 Å². The van der Waals surface area contributed by atoms with Crippen LogP contribution in [0.15, 0.2) is 39.5 Å². The summed E-state index contributed by atoms with van der Waals surface area (Å²) in [4.78, 5) is 0. The number of nitrogens with zero attached hydrogens (tertiary/aromatic N) is 1. The maximum absolute atomic E-state index is 9.12. The Hall–Kier alpha value is -1.13. The second-order valence-corrected chi connectivity index (χ2v) is 3.56. The minimum Gasteiger partial charge on any atom is -0.391 e. The fourth-order valence-corrected chi connectivity index (χ4v) is 1.62. The van der Waals surface area contributed by atoms with Crippen LogP contribution in [-0.2, 0) is 6.61 Å². The van der Waals surface area contributed by atoms with E-state index in [1.165, 1.54) is 0 Å². The molecule has 72 valence electrons. The van der Waals surface area contributed by atoms with Gasteiger partial charge in [0.25, 0.3) is 0 Å². The van der Waals surface area contributed by atoms with Crippen molar-refractivity contribution in [1.82, 2.24) is 5.16 Å². The summed E-state index contributed by atoms with van der Waals surface area (Å²) < 4.78 is 5.67. The first-order valence-electron chi connectivity index (χ1n) is 4.13. The van der Waals surface area contributed by atoms with Gasteiger partial charge in [-0.1, -0.05) is 35.5 Å². The molecule has 0 spiro atoms. The van der Waals surface area contributed by atoms with Crippen LogP contribution >= 0.6 is 15.9 Å². The third kappa shape index (κ3) is 1.58. The minimum absolute atomic E-state index is 0.0890. The standard InChI is InChI=1S/C10H8BrNO2/c11-10-8(6-13)9(14-12-10)7-4-2-1-3-5-7/h1-5,13H,6H2. The molecule has 3 nitrogen and oxygen atoms in total. The molecular formula is C10H8BrNO2. The van der Waals surface area contributed by atoms with Crippen LogP contribution < -0.4 is 0 Å². The summed E-state index contributed by atoms with van der Waals surface area (Å²) in [6.07, 6.45) is 0. The predicted octanol–water partition coefficient (Wildman–Crippen LogP) is 2.60.